The van der Waals surface area contributed by atoms with Crippen molar-refractivity contribution in [2.24, 2.45) is 0 Å². The lowest BCUT2D eigenvalue weighted by Gasteiger charge is -2.22. The molecule has 118 valence electrons. The minimum Gasteiger partial charge on any atom is -0.383 e. The van der Waals surface area contributed by atoms with E-state index in [0.29, 0.717) is 12.1 Å². The molecule has 1 aromatic carbocycles. The maximum absolute atomic E-state index is 3.68. The van der Waals surface area contributed by atoms with E-state index in [1.807, 2.05) is 0 Å². The average molecular weight is 289 g/mol. The highest BCUT2D eigenvalue weighted by Gasteiger charge is 2.14. The molecule has 3 heteroatoms. The van der Waals surface area contributed by atoms with Gasteiger partial charge in [0, 0.05) is 24.3 Å². The molecule has 2 atom stereocenters. The molecule has 3 nitrogen and oxygen atoms in total. The molecule has 1 aliphatic rings. The molecule has 0 amide bonds. The summed E-state index contributed by atoms with van der Waals surface area (Å²) in [5, 5.41) is 7.32. The van der Waals surface area contributed by atoms with Crippen molar-refractivity contribution in [1.82, 2.24) is 10.2 Å². The first kappa shape index (κ1) is 16.3. The fourth-order valence-electron chi connectivity index (χ4n) is 3.14. The fourth-order valence-corrected chi connectivity index (χ4v) is 3.14. The van der Waals surface area contributed by atoms with Crippen molar-refractivity contribution < 1.29 is 0 Å². The Labute approximate surface area is 130 Å². The number of benzene rings is 1. The van der Waals surface area contributed by atoms with Crippen LogP contribution < -0.4 is 10.6 Å². The Morgan fingerprint density at radius 3 is 2.67 bits per heavy atom. The molecule has 2 unspecified atom stereocenters. The summed E-state index contributed by atoms with van der Waals surface area (Å²) in [6.07, 6.45) is 6.64. The monoisotopic (exact) mass is 289 g/mol. The summed E-state index contributed by atoms with van der Waals surface area (Å²) < 4.78 is 0. The highest BCUT2D eigenvalue weighted by atomic mass is 15.0. The van der Waals surface area contributed by atoms with Gasteiger partial charge in [-0.2, -0.15) is 0 Å². The van der Waals surface area contributed by atoms with Gasteiger partial charge < -0.3 is 15.5 Å². The zero-order valence-corrected chi connectivity index (χ0v) is 13.9. The molecular formula is C18H31N3. The van der Waals surface area contributed by atoms with Crippen molar-refractivity contribution in [2.75, 3.05) is 26.0 Å². The molecule has 1 fully saturated rings. The first-order chi connectivity index (χ1) is 10.1. The predicted molar refractivity (Wildman–Crippen MR) is 91.8 cm³/mol. The van der Waals surface area contributed by atoms with Crippen molar-refractivity contribution in [1.29, 1.82) is 0 Å². The van der Waals surface area contributed by atoms with Crippen LogP contribution in [0, 0.1) is 0 Å². The van der Waals surface area contributed by atoms with Gasteiger partial charge in [-0.1, -0.05) is 25.0 Å². The molecule has 1 aliphatic heterocycles. The molecule has 21 heavy (non-hydrogen) atoms. The van der Waals surface area contributed by atoms with Crippen LogP contribution in [0.2, 0.25) is 0 Å². The third kappa shape index (κ3) is 6.06. The Morgan fingerprint density at radius 1 is 1.19 bits per heavy atom. The molecule has 1 saturated heterocycles. The van der Waals surface area contributed by atoms with Gasteiger partial charge in [-0.15, -0.1) is 0 Å². The van der Waals surface area contributed by atoms with Gasteiger partial charge in [-0.25, -0.2) is 0 Å². The topological polar surface area (TPSA) is 27.3 Å². The average Bonchev–Trinajstić information content (AvgIpc) is 2.69. The van der Waals surface area contributed by atoms with Gasteiger partial charge in [0.15, 0.2) is 0 Å². The van der Waals surface area contributed by atoms with Crippen LogP contribution in [0.3, 0.4) is 0 Å². The Kier molecular flexibility index (Phi) is 6.52. The van der Waals surface area contributed by atoms with Crippen molar-refractivity contribution >= 4 is 5.69 Å². The zero-order valence-electron chi connectivity index (χ0n) is 13.9. The molecule has 0 bridgehead atoms. The quantitative estimate of drug-likeness (QED) is 0.839. The lowest BCUT2D eigenvalue weighted by atomic mass is 10.0. The Hall–Kier alpha value is -1.06. The second-order valence-corrected chi connectivity index (χ2v) is 6.72. The first-order valence-corrected chi connectivity index (χ1v) is 8.37. The number of nitrogens with zero attached hydrogens (tertiary/aromatic N) is 1. The highest BCUT2D eigenvalue weighted by Crippen LogP contribution is 2.16. The van der Waals surface area contributed by atoms with Crippen LogP contribution in [0.25, 0.3) is 0 Å². The lowest BCUT2D eigenvalue weighted by Crippen LogP contribution is -2.33. The summed E-state index contributed by atoms with van der Waals surface area (Å²) in [6, 6.07) is 10.0. The van der Waals surface area contributed by atoms with Gasteiger partial charge >= 0.3 is 0 Å². The third-order valence-electron chi connectivity index (χ3n) is 4.17. The second-order valence-electron chi connectivity index (χ2n) is 6.72. The van der Waals surface area contributed by atoms with Gasteiger partial charge in [0.05, 0.1) is 0 Å². The standard InChI is InChI=1S/C18H31N3/c1-15(13-18-7-5-4-6-12-19-18)20-17-10-8-16(9-11-17)14-21(2)3/h8-11,15,18-20H,4-7,12-14H2,1-3H3. The van der Waals surface area contributed by atoms with Crippen LogP contribution in [-0.2, 0) is 6.54 Å². The predicted octanol–water partition coefficient (Wildman–Crippen LogP) is 3.47. The Morgan fingerprint density at radius 2 is 1.95 bits per heavy atom. The van der Waals surface area contributed by atoms with Crippen LogP contribution in [0.1, 0.15) is 44.6 Å². The van der Waals surface area contributed by atoms with Crippen molar-refractivity contribution in [3.8, 4) is 0 Å². The highest BCUT2D eigenvalue weighted by molar-refractivity contribution is 5.45. The van der Waals surface area contributed by atoms with Crippen molar-refractivity contribution in [2.45, 2.75) is 57.7 Å². The van der Waals surface area contributed by atoms with E-state index in [0.717, 1.165) is 6.54 Å². The van der Waals surface area contributed by atoms with E-state index in [9.17, 15) is 0 Å². The Balaban J connectivity index is 1.79. The van der Waals surface area contributed by atoms with Gasteiger partial charge in [-0.05, 0) is 64.5 Å². The molecule has 2 rings (SSSR count). The summed E-state index contributed by atoms with van der Waals surface area (Å²) in [7, 11) is 4.21. The van der Waals surface area contributed by atoms with Gasteiger partial charge in [0.1, 0.15) is 0 Å². The van der Waals surface area contributed by atoms with Crippen molar-refractivity contribution in [3.05, 3.63) is 29.8 Å². The molecule has 0 spiro atoms. The Bertz CT molecular complexity index is 391. The van der Waals surface area contributed by atoms with Gasteiger partial charge in [-0.3, -0.25) is 0 Å². The van der Waals surface area contributed by atoms with E-state index >= 15 is 0 Å². The van der Waals surface area contributed by atoms with E-state index in [1.165, 1.54) is 49.9 Å². The normalized spacial score (nSPS) is 21.0. The molecule has 1 aromatic rings. The molecule has 0 radical (unpaired) electrons. The second kappa shape index (κ2) is 8.40. The molecule has 1 heterocycles. The molecule has 2 N–H and O–H groups in total. The van der Waals surface area contributed by atoms with Crippen LogP contribution >= 0.6 is 0 Å². The summed E-state index contributed by atoms with van der Waals surface area (Å²) in [5.41, 5.74) is 2.60. The number of anilines is 1. The number of hydrogen-bond acceptors (Lipinski definition) is 3. The summed E-state index contributed by atoms with van der Waals surface area (Å²) >= 11 is 0. The minimum absolute atomic E-state index is 0.514. The third-order valence-corrected chi connectivity index (χ3v) is 4.17. The van der Waals surface area contributed by atoms with Crippen LogP contribution in [0.15, 0.2) is 24.3 Å². The first-order valence-electron chi connectivity index (χ1n) is 8.37. The molecule has 0 aromatic heterocycles. The van der Waals surface area contributed by atoms with E-state index in [2.05, 4.69) is 60.8 Å². The maximum Gasteiger partial charge on any atom is 0.0342 e. The fraction of sp³-hybridized carbons (Fsp3) is 0.667. The lowest BCUT2D eigenvalue weighted by molar-refractivity contribution is 0.402. The SMILES string of the molecule is CC(CC1CCCCCN1)Nc1ccc(CN(C)C)cc1. The zero-order chi connectivity index (χ0) is 15.1. The van der Waals surface area contributed by atoms with E-state index < -0.39 is 0 Å². The molecule has 0 saturated carbocycles. The summed E-state index contributed by atoms with van der Waals surface area (Å²) in [6.45, 7) is 4.48. The largest absolute Gasteiger partial charge is 0.383 e. The minimum atomic E-state index is 0.514. The van der Waals surface area contributed by atoms with E-state index in [1.54, 1.807) is 0 Å². The van der Waals surface area contributed by atoms with Crippen LogP contribution in [0.4, 0.5) is 5.69 Å². The van der Waals surface area contributed by atoms with Crippen molar-refractivity contribution in [3.63, 3.8) is 0 Å². The summed E-state index contributed by atoms with van der Waals surface area (Å²) in [4.78, 5) is 2.20. The van der Waals surface area contributed by atoms with Gasteiger partial charge in [0.25, 0.3) is 0 Å². The number of nitrogens with one attached hydrogen (secondary N) is 2. The van der Waals surface area contributed by atoms with Crippen LogP contribution in [0.5, 0.6) is 0 Å². The van der Waals surface area contributed by atoms with E-state index in [4.69, 9.17) is 0 Å². The number of rotatable bonds is 6. The number of hydrogen-bond donors (Lipinski definition) is 2. The molecule has 0 aliphatic carbocycles. The maximum atomic E-state index is 3.68. The van der Waals surface area contributed by atoms with Gasteiger partial charge in [0.2, 0.25) is 0 Å². The summed E-state index contributed by atoms with van der Waals surface area (Å²) in [5.74, 6) is 0. The van der Waals surface area contributed by atoms with Crippen LogP contribution in [-0.4, -0.2) is 37.6 Å². The smallest absolute Gasteiger partial charge is 0.0342 e. The molecular weight excluding hydrogens is 258 g/mol. The van der Waals surface area contributed by atoms with E-state index in [-0.39, 0.29) is 0 Å².